The fraction of sp³-hybridized carbons (Fsp3) is 0.389. The summed E-state index contributed by atoms with van der Waals surface area (Å²) in [7, 11) is 0. The van der Waals surface area contributed by atoms with E-state index in [1.54, 1.807) is 0 Å². The number of pyridine rings is 1. The van der Waals surface area contributed by atoms with Crippen LogP contribution in [-0.4, -0.2) is 29.8 Å². The van der Waals surface area contributed by atoms with Crippen LogP contribution < -0.4 is 10.6 Å². The van der Waals surface area contributed by atoms with Crippen LogP contribution in [0.15, 0.2) is 42.6 Å². The highest BCUT2D eigenvalue weighted by Crippen LogP contribution is 2.34. The van der Waals surface area contributed by atoms with Crippen molar-refractivity contribution in [1.29, 1.82) is 0 Å². The summed E-state index contributed by atoms with van der Waals surface area (Å²) >= 11 is 0. The Bertz CT molecular complexity index is 736. The van der Waals surface area contributed by atoms with Gasteiger partial charge in [-0.25, -0.2) is 4.98 Å². The SMILES string of the molecule is FC(F)(F)c1ccc(Nc2ccc(CC34CNC(CO3)C4)cc2)nc1. The zero-order valence-electron chi connectivity index (χ0n) is 13.4. The normalized spacial score (nSPS) is 25.3. The minimum absolute atomic E-state index is 0.0887. The van der Waals surface area contributed by atoms with Crippen LogP contribution in [0.5, 0.6) is 0 Å². The molecular weight excluding hydrogens is 331 g/mol. The van der Waals surface area contributed by atoms with E-state index in [0.29, 0.717) is 11.9 Å². The molecule has 0 aliphatic carbocycles. The fourth-order valence-corrected chi connectivity index (χ4v) is 3.48. The van der Waals surface area contributed by atoms with E-state index in [4.69, 9.17) is 4.74 Å². The highest BCUT2D eigenvalue weighted by atomic mass is 19.4. The Hall–Kier alpha value is -2.12. The molecule has 2 atom stereocenters. The lowest BCUT2D eigenvalue weighted by Crippen LogP contribution is -2.40. The number of fused-ring (bicyclic) bond motifs is 2. The summed E-state index contributed by atoms with van der Waals surface area (Å²) in [5.41, 5.74) is 1.11. The van der Waals surface area contributed by atoms with Gasteiger partial charge in [0.25, 0.3) is 0 Å². The fourth-order valence-electron chi connectivity index (χ4n) is 3.48. The first kappa shape index (κ1) is 16.4. The Morgan fingerprint density at radius 2 is 2.00 bits per heavy atom. The number of hydrogen-bond donors (Lipinski definition) is 2. The number of anilines is 2. The first-order valence-corrected chi connectivity index (χ1v) is 8.19. The minimum atomic E-state index is -4.37. The number of halogens is 3. The summed E-state index contributed by atoms with van der Waals surface area (Å²) in [6, 6.07) is 10.6. The molecule has 7 heteroatoms. The van der Waals surface area contributed by atoms with E-state index >= 15 is 0 Å². The zero-order chi connectivity index (χ0) is 17.5. The van der Waals surface area contributed by atoms with Crippen LogP contribution in [-0.2, 0) is 17.3 Å². The Morgan fingerprint density at radius 1 is 1.20 bits per heavy atom. The van der Waals surface area contributed by atoms with Crippen LogP contribution in [0.1, 0.15) is 17.5 Å². The third-order valence-corrected chi connectivity index (χ3v) is 4.77. The number of morpholine rings is 1. The monoisotopic (exact) mass is 349 g/mol. The smallest absolute Gasteiger partial charge is 0.372 e. The highest BCUT2D eigenvalue weighted by molar-refractivity contribution is 5.56. The second-order valence-electron chi connectivity index (χ2n) is 6.70. The molecule has 0 amide bonds. The Labute approximate surface area is 143 Å². The largest absolute Gasteiger partial charge is 0.417 e. The summed E-state index contributed by atoms with van der Waals surface area (Å²) < 4.78 is 43.6. The lowest BCUT2D eigenvalue weighted by Gasteiger charge is -2.26. The van der Waals surface area contributed by atoms with Gasteiger partial charge < -0.3 is 15.4 Å². The molecule has 2 bridgehead atoms. The molecule has 25 heavy (non-hydrogen) atoms. The van der Waals surface area contributed by atoms with E-state index in [1.807, 2.05) is 24.3 Å². The number of aromatic nitrogens is 1. The lowest BCUT2D eigenvalue weighted by molar-refractivity contribution is -0.137. The maximum absolute atomic E-state index is 12.5. The summed E-state index contributed by atoms with van der Waals surface area (Å²) in [4.78, 5) is 3.82. The van der Waals surface area contributed by atoms with Crippen LogP contribution in [0.3, 0.4) is 0 Å². The van der Waals surface area contributed by atoms with Gasteiger partial charge in [-0.2, -0.15) is 13.2 Å². The van der Waals surface area contributed by atoms with Gasteiger partial charge in [0.2, 0.25) is 0 Å². The number of alkyl halides is 3. The molecule has 1 aromatic heterocycles. The molecule has 1 aromatic carbocycles. The molecule has 2 fully saturated rings. The van der Waals surface area contributed by atoms with Crippen LogP contribution in [0.4, 0.5) is 24.7 Å². The number of benzene rings is 1. The highest BCUT2D eigenvalue weighted by Gasteiger charge is 2.45. The maximum Gasteiger partial charge on any atom is 0.417 e. The summed E-state index contributed by atoms with van der Waals surface area (Å²) in [6.45, 7) is 1.66. The summed E-state index contributed by atoms with van der Waals surface area (Å²) in [5.74, 6) is 0.376. The predicted molar refractivity (Wildman–Crippen MR) is 87.8 cm³/mol. The second-order valence-corrected chi connectivity index (χ2v) is 6.70. The van der Waals surface area contributed by atoms with Crippen LogP contribution in [0.25, 0.3) is 0 Å². The van der Waals surface area contributed by atoms with Gasteiger partial charge in [0, 0.05) is 30.9 Å². The third-order valence-electron chi connectivity index (χ3n) is 4.77. The first-order valence-electron chi connectivity index (χ1n) is 8.19. The second kappa shape index (κ2) is 6.00. The zero-order valence-corrected chi connectivity index (χ0v) is 13.4. The molecule has 2 unspecified atom stereocenters. The molecule has 2 saturated heterocycles. The van der Waals surface area contributed by atoms with Gasteiger partial charge in [-0.05, 0) is 36.2 Å². The lowest BCUT2D eigenvalue weighted by atomic mass is 9.93. The average molecular weight is 349 g/mol. The molecule has 2 aliphatic rings. The molecule has 3 heterocycles. The van der Waals surface area contributed by atoms with E-state index in [-0.39, 0.29) is 5.60 Å². The van der Waals surface area contributed by atoms with E-state index in [2.05, 4.69) is 15.6 Å². The molecule has 4 nitrogen and oxygen atoms in total. The Morgan fingerprint density at radius 3 is 2.52 bits per heavy atom. The molecular formula is C18H18F3N3O. The van der Waals surface area contributed by atoms with Crippen molar-refractivity contribution in [2.24, 2.45) is 0 Å². The first-order chi connectivity index (χ1) is 11.9. The van der Waals surface area contributed by atoms with Gasteiger partial charge in [0.1, 0.15) is 5.82 Å². The average Bonchev–Trinajstić information content (AvgIpc) is 3.17. The van der Waals surface area contributed by atoms with Crippen molar-refractivity contribution in [3.05, 3.63) is 53.7 Å². The van der Waals surface area contributed by atoms with E-state index < -0.39 is 11.7 Å². The van der Waals surface area contributed by atoms with Gasteiger partial charge in [-0.3, -0.25) is 0 Å². The van der Waals surface area contributed by atoms with Gasteiger partial charge >= 0.3 is 6.18 Å². The third kappa shape index (κ3) is 3.48. The van der Waals surface area contributed by atoms with E-state index in [1.165, 1.54) is 11.6 Å². The van der Waals surface area contributed by atoms with Crippen LogP contribution in [0.2, 0.25) is 0 Å². The molecule has 0 spiro atoms. The van der Waals surface area contributed by atoms with Crippen molar-refractivity contribution in [3.63, 3.8) is 0 Å². The van der Waals surface area contributed by atoms with Gasteiger partial charge in [-0.15, -0.1) is 0 Å². The topological polar surface area (TPSA) is 46.2 Å². The van der Waals surface area contributed by atoms with Crippen LogP contribution in [0, 0.1) is 0 Å². The summed E-state index contributed by atoms with van der Waals surface area (Å²) in [6.07, 6.45) is -1.64. The standard InChI is InChI=1S/C18H18F3N3O/c19-18(20,21)13-3-6-16(22-9-13)24-14-4-1-12(2-5-14)7-17-8-15(10-25-17)23-11-17/h1-6,9,15,23H,7-8,10-11H2,(H,22,24). The molecule has 2 aromatic rings. The molecule has 0 radical (unpaired) electrons. The number of hydrogen-bond acceptors (Lipinski definition) is 4. The van der Waals surface area contributed by atoms with Gasteiger partial charge in [0.05, 0.1) is 17.8 Å². The molecule has 2 aliphatic heterocycles. The minimum Gasteiger partial charge on any atom is -0.372 e. The number of rotatable bonds is 4. The van der Waals surface area contributed by atoms with Crippen molar-refractivity contribution >= 4 is 11.5 Å². The molecule has 2 N–H and O–H groups in total. The van der Waals surface area contributed by atoms with Crippen molar-refractivity contribution < 1.29 is 17.9 Å². The van der Waals surface area contributed by atoms with Crippen molar-refractivity contribution in [2.75, 3.05) is 18.5 Å². The predicted octanol–water partition coefficient (Wildman–Crippen LogP) is 3.52. The number of ether oxygens (including phenoxy) is 1. The van der Waals surface area contributed by atoms with Crippen molar-refractivity contribution in [3.8, 4) is 0 Å². The van der Waals surface area contributed by atoms with E-state index in [9.17, 15) is 13.2 Å². The molecule has 0 saturated carbocycles. The van der Waals surface area contributed by atoms with Gasteiger partial charge in [0.15, 0.2) is 0 Å². The maximum atomic E-state index is 12.5. The Kier molecular flexibility index (Phi) is 3.92. The molecule has 4 rings (SSSR count). The quantitative estimate of drug-likeness (QED) is 0.887. The summed E-state index contributed by atoms with van der Waals surface area (Å²) in [5, 5.41) is 6.46. The van der Waals surface area contributed by atoms with E-state index in [0.717, 1.165) is 43.9 Å². The molecule has 132 valence electrons. The van der Waals surface area contributed by atoms with Crippen molar-refractivity contribution in [2.45, 2.75) is 30.7 Å². The van der Waals surface area contributed by atoms with Gasteiger partial charge in [-0.1, -0.05) is 12.1 Å². The Balaban J connectivity index is 1.40. The number of nitrogens with one attached hydrogen (secondary N) is 2. The van der Waals surface area contributed by atoms with Crippen molar-refractivity contribution in [1.82, 2.24) is 10.3 Å². The van der Waals surface area contributed by atoms with Crippen LogP contribution >= 0.6 is 0 Å². The number of nitrogens with zero attached hydrogens (tertiary/aromatic N) is 1.